The van der Waals surface area contributed by atoms with Crippen LogP contribution in [0.15, 0.2) is 29.3 Å². The van der Waals surface area contributed by atoms with Crippen molar-refractivity contribution in [3.63, 3.8) is 0 Å². The summed E-state index contributed by atoms with van der Waals surface area (Å²) in [5.74, 6) is 0. The van der Waals surface area contributed by atoms with Crippen LogP contribution in [0, 0.1) is 0 Å². The quantitative estimate of drug-likeness (QED) is 0.656. The van der Waals surface area contributed by atoms with Gasteiger partial charge < -0.3 is 0 Å². The molecule has 0 aliphatic carbocycles. The Bertz CT molecular complexity index is 306. The van der Waals surface area contributed by atoms with Gasteiger partial charge in [0.15, 0.2) is 0 Å². The molecule has 0 aliphatic heterocycles. The van der Waals surface area contributed by atoms with Crippen molar-refractivity contribution in [2.24, 2.45) is 4.99 Å². The molecule has 0 heterocycles. The number of alkyl halides is 2. The standard InChI is InChI=1S/C9H8ClF2N/c1-13-8(9(11)12)6-2-4-7(10)5-3-6/h2-5,9H,1H3. The first-order valence-corrected chi connectivity index (χ1v) is 4.03. The lowest BCUT2D eigenvalue weighted by Crippen LogP contribution is -2.11. The Kier molecular flexibility index (Phi) is 3.37. The monoisotopic (exact) mass is 203 g/mol. The molecule has 0 unspecified atom stereocenters. The van der Waals surface area contributed by atoms with Crippen molar-refractivity contribution in [2.45, 2.75) is 6.43 Å². The maximum atomic E-state index is 12.3. The summed E-state index contributed by atoms with van der Waals surface area (Å²) in [7, 11) is 1.34. The van der Waals surface area contributed by atoms with Gasteiger partial charge in [0.25, 0.3) is 6.43 Å². The molecule has 0 spiro atoms. The summed E-state index contributed by atoms with van der Waals surface area (Å²) in [6, 6.07) is 6.17. The minimum absolute atomic E-state index is 0.211. The molecule has 0 amide bonds. The normalized spacial score (nSPS) is 12.2. The van der Waals surface area contributed by atoms with Gasteiger partial charge in [-0.15, -0.1) is 0 Å². The summed E-state index contributed by atoms with van der Waals surface area (Å²) in [5.41, 5.74) is 0.193. The van der Waals surface area contributed by atoms with Gasteiger partial charge in [-0.2, -0.15) is 0 Å². The van der Waals surface area contributed by atoms with Crippen LogP contribution in [0.5, 0.6) is 0 Å². The number of rotatable bonds is 2. The molecule has 0 aliphatic rings. The third kappa shape index (κ3) is 2.49. The van der Waals surface area contributed by atoms with Crippen LogP contribution in [0.4, 0.5) is 8.78 Å². The minimum Gasteiger partial charge on any atom is -0.286 e. The van der Waals surface area contributed by atoms with E-state index in [9.17, 15) is 8.78 Å². The largest absolute Gasteiger partial charge is 0.286 e. The lowest BCUT2D eigenvalue weighted by Gasteiger charge is -2.03. The van der Waals surface area contributed by atoms with Crippen molar-refractivity contribution < 1.29 is 8.78 Å². The van der Waals surface area contributed by atoms with Crippen LogP contribution in [0.2, 0.25) is 5.02 Å². The van der Waals surface area contributed by atoms with Crippen molar-refractivity contribution in [1.29, 1.82) is 0 Å². The molecule has 0 radical (unpaired) electrons. The van der Waals surface area contributed by atoms with Crippen molar-refractivity contribution in [3.8, 4) is 0 Å². The number of halogens is 3. The van der Waals surface area contributed by atoms with Crippen LogP contribution in [-0.4, -0.2) is 19.2 Å². The maximum Gasteiger partial charge on any atom is 0.280 e. The lowest BCUT2D eigenvalue weighted by atomic mass is 10.1. The van der Waals surface area contributed by atoms with Gasteiger partial charge in [0, 0.05) is 17.6 Å². The van der Waals surface area contributed by atoms with Crippen LogP contribution in [0.3, 0.4) is 0 Å². The van der Waals surface area contributed by atoms with E-state index >= 15 is 0 Å². The van der Waals surface area contributed by atoms with Crippen LogP contribution < -0.4 is 0 Å². The summed E-state index contributed by atoms with van der Waals surface area (Å²) >= 11 is 5.61. The van der Waals surface area contributed by atoms with Crippen LogP contribution in [-0.2, 0) is 0 Å². The maximum absolute atomic E-state index is 12.3. The molecule has 0 bridgehead atoms. The lowest BCUT2D eigenvalue weighted by molar-refractivity contribution is 0.226. The highest BCUT2D eigenvalue weighted by Gasteiger charge is 2.13. The Hall–Kier alpha value is -0.960. The molecule has 1 rings (SSSR count). The van der Waals surface area contributed by atoms with E-state index in [0.29, 0.717) is 10.6 Å². The van der Waals surface area contributed by atoms with Gasteiger partial charge in [0.1, 0.15) is 5.71 Å². The summed E-state index contributed by atoms with van der Waals surface area (Å²) in [6.07, 6.45) is -2.55. The molecule has 1 aromatic rings. The zero-order valence-electron chi connectivity index (χ0n) is 6.97. The molecular weight excluding hydrogens is 196 g/mol. The zero-order valence-corrected chi connectivity index (χ0v) is 7.72. The highest BCUT2D eigenvalue weighted by Crippen LogP contribution is 2.13. The third-order valence-corrected chi connectivity index (χ3v) is 1.84. The Balaban J connectivity index is 3.00. The fraction of sp³-hybridized carbons (Fsp3) is 0.222. The van der Waals surface area contributed by atoms with Crippen molar-refractivity contribution >= 4 is 17.3 Å². The summed E-state index contributed by atoms with van der Waals surface area (Å²) in [6.45, 7) is 0. The Morgan fingerprint density at radius 1 is 1.31 bits per heavy atom. The predicted molar refractivity (Wildman–Crippen MR) is 49.9 cm³/mol. The smallest absolute Gasteiger partial charge is 0.280 e. The molecule has 0 aromatic heterocycles. The molecule has 0 atom stereocenters. The number of benzene rings is 1. The second kappa shape index (κ2) is 4.33. The minimum atomic E-state index is -2.55. The van der Waals surface area contributed by atoms with E-state index in [1.54, 1.807) is 12.1 Å². The summed E-state index contributed by atoms with van der Waals surface area (Å²) < 4.78 is 24.6. The number of hydrogen-bond donors (Lipinski definition) is 0. The van der Waals surface area contributed by atoms with E-state index in [2.05, 4.69) is 4.99 Å². The first-order chi connectivity index (χ1) is 6.15. The second-order valence-electron chi connectivity index (χ2n) is 2.42. The number of aliphatic imine (C=N–C) groups is 1. The molecule has 13 heavy (non-hydrogen) atoms. The average Bonchev–Trinajstić information content (AvgIpc) is 2.09. The molecule has 0 saturated heterocycles. The van der Waals surface area contributed by atoms with Gasteiger partial charge in [0.05, 0.1) is 0 Å². The Morgan fingerprint density at radius 2 is 1.85 bits per heavy atom. The van der Waals surface area contributed by atoms with Gasteiger partial charge in [-0.05, 0) is 12.1 Å². The van der Waals surface area contributed by atoms with E-state index in [1.165, 1.54) is 19.2 Å². The van der Waals surface area contributed by atoms with Gasteiger partial charge >= 0.3 is 0 Å². The van der Waals surface area contributed by atoms with E-state index in [1.807, 2.05) is 0 Å². The van der Waals surface area contributed by atoms with Crippen molar-refractivity contribution in [2.75, 3.05) is 7.05 Å². The zero-order chi connectivity index (χ0) is 9.84. The van der Waals surface area contributed by atoms with Gasteiger partial charge in [0.2, 0.25) is 0 Å². The van der Waals surface area contributed by atoms with Crippen LogP contribution in [0.25, 0.3) is 0 Å². The Morgan fingerprint density at radius 3 is 2.23 bits per heavy atom. The fourth-order valence-electron chi connectivity index (χ4n) is 0.973. The molecule has 0 N–H and O–H groups in total. The molecule has 4 heteroatoms. The highest BCUT2D eigenvalue weighted by atomic mass is 35.5. The molecular formula is C9H8ClF2N. The van der Waals surface area contributed by atoms with E-state index < -0.39 is 6.43 Å². The average molecular weight is 204 g/mol. The SMILES string of the molecule is CN=C(c1ccc(Cl)cc1)C(F)F. The first-order valence-electron chi connectivity index (χ1n) is 3.66. The first kappa shape index (κ1) is 10.1. The van der Waals surface area contributed by atoms with Gasteiger partial charge in [-0.1, -0.05) is 23.7 Å². The van der Waals surface area contributed by atoms with E-state index in [-0.39, 0.29) is 5.71 Å². The Labute approximate surface area is 80.1 Å². The topological polar surface area (TPSA) is 12.4 Å². The molecule has 1 nitrogen and oxygen atoms in total. The number of hydrogen-bond acceptors (Lipinski definition) is 1. The summed E-state index contributed by atoms with van der Waals surface area (Å²) in [5, 5.41) is 0.522. The number of nitrogens with zero attached hydrogens (tertiary/aromatic N) is 1. The third-order valence-electron chi connectivity index (χ3n) is 1.59. The summed E-state index contributed by atoms with van der Waals surface area (Å²) in [4.78, 5) is 3.51. The molecule has 1 aromatic carbocycles. The molecule has 0 saturated carbocycles. The van der Waals surface area contributed by atoms with Gasteiger partial charge in [-0.3, -0.25) is 4.99 Å². The fourth-order valence-corrected chi connectivity index (χ4v) is 1.10. The second-order valence-corrected chi connectivity index (χ2v) is 2.85. The van der Waals surface area contributed by atoms with Gasteiger partial charge in [-0.25, -0.2) is 8.78 Å². The van der Waals surface area contributed by atoms with Crippen molar-refractivity contribution in [1.82, 2.24) is 0 Å². The molecule has 70 valence electrons. The van der Waals surface area contributed by atoms with Crippen LogP contribution in [0.1, 0.15) is 5.56 Å². The predicted octanol–water partition coefficient (Wildman–Crippen LogP) is 3.02. The molecule has 0 fully saturated rings. The van der Waals surface area contributed by atoms with E-state index in [0.717, 1.165) is 0 Å². The van der Waals surface area contributed by atoms with Crippen molar-refractivity contribution in [3.05, 3.63) is 34.9 Å². The highest BCUT2D eigenvalue weighted by molar-refractivity contribution is 6.30. The van der Waals surface area contributed by atoms with Crippen LogP contribution >= 0.6 is 11.6 Å². The van der Waals surface area contributed by atoms with E-state index in [4.69, 9.17) is 11.6 Å².